The predicted molar refractivity (Wildman–Crippen MR) is 108 cm³/mol. The summed E-state index contributed by atoms with van der Waals surface area (Å²) < 4.78 is 0.179. The number of unbranched alkanes of at least 4 members (excludes halogenated alkanes) is 7. The molecule has 0 rings (SSSR count). The van der Waals surface area contributed by atoms with Crippen molar-refractivity contribution in [2.75, 3.05) is 26.2 Å². The number of aliphatic carboxylic acids is 3. The first-order chi connectivity index (χ1) is 13.3. The third kappa shape index (κ3) is 15.2. The van der Waals surface area contributed by atoms with Gasteiger partial charge in [0.1, 0.15) is 0 Å². The van der Waals surface area contributed by atoms with Gasteiger partial charge in [-0.3, -0.25) is 14.4 Å². The van der Waals surface area contributed by atoms with Crippen LogP contribution in [-0.4, -0.2) is 63.9 Å². The molecule has 0 aromatic carbocycles. The molecule has 0 bridgehead atoms. The Morgan fingerprint density at radius 3 is 1.54 bits per heavy atom. The predicted octanol–water partition coefficient (Wildman–Crippen LogP) is 3.92. The fourth-order valence-electron chi connectivity index (χ4n) is 3.24. The second-order valence-corrected chi connectivity index (χ2v) is 7.51. The molecule has 0 saturated heterocycles. The largest absolute Gasteiger partial charge is 0.481 e. The summed E-state index contributed by atoms with van der Waals surface area (Å²) in [5.74, 6) is -2.87. The van der Waals surface area contributed by atoms with Crippen LogP contribution in [0.2, 0.25) is 0 Å². The lowest BCUT2D eigenvalue weighted by atomic mass is 10.1. The van der Waals surface area contributed by atoms with E-state index in [1.807, 2.05) is 6.08 Å². The molecule has 0 unspecified atom stereocenters. The van der Waals surface area contributed by atoms with Gasteiger partial charge in [-0.25, -0.2) is 0 Å². The number of rotatable bonds is 19. The van der Waals surface area contributed by atoms with Crippen molar-refractivity contribution < 1.29 is 34.2 Å². The lowest BCUT2D eigenvalue weighted by molar-refractivity contribution is -0.921. The second kappa shape index (κ2) is 16.1. The van der Waals surface area contributed by atoms with E-state index in [0.717, 1.165) is 12.8 Å². The Bertz CT molecular complexity index is 444. The van der Waals surface area contributed by atoms with Crippen molar-refractivity contribution in [2.24, 2.45) is 0 Å². The molecule has 0 aromatic rings. The quantitative estimate of drug-likeness (QED) is 0.172. The van der Waals surface area contributed by atoms with Crippen LogP contribution >= 0.6 is 0 Å². The SMILES string of the molecule is CCCCCCCCC/C=C/C[N+](CCC(=O)O)(CCC(=O)O)CCC(=O)O. The number of carbonyl (C=O) groups is 3. The van der Waals surface area contributed by atoms with E-state index >= 15 is 0 Å². The van der Waals surface area contributed by atoms with Gasteiger partial charge in [0.05, 0.1) is 45.4 Å². The lowest BCUT2D eigenvalue weighted by Crippen LogP contribution is -2.51. The van der Waals surface area contributed by atoms with Crippen LogP contribution in [0.1, 0.15) is 77.6 Å². The van der Waals surface area contributed by atoms with Crippen molar-refractivity contribution in [3.8, 4) is 0 Å². The summed E-state index contributed by atoms with van der Waals surface area (Å²) in [7, 11) is 0. The summed E-state index contributed by atoms with van der Waals surface area (Å²) in [5, 5.41) is 27.1. The number of carboxylic acids is 3. The molecular formula is C21H38NO6+. The molecule has 162 valence electrons. The highest BCUT2D eigenvalue weighted by atomic mass is 16.4. The summed E-state index contributed by atoms with van der Waals surface area (Å²) in [6, 6.07) is 0. The first kappa shape index (κ1) is 26.1. The minimum Gasteiger partial charge on any atom is -0.481 e. The van der Waals surface area contributed by atoms with Crippen LogP contribution in [0.4, 0.5) is 0 Å². The fourth-order valence-corrected chi connectivity index (χ4v) is 3.24. The van der Waals surface area contributed by atoms with E-state index < -0.39 is 17.9 Å². The molecule has 28 heavy (non-hydrogen) atoms. The smallest absolute Gasteiger partial charge is 0.309 e. The van der Waals surface area contributed by atoms with Gasteiger partial charge in [0.25, 0.3) is 0 Å². The molecule has 0 radical (unpaired) electrons. The van der Waals surface area contributed by atoms with Gasteiger partial charge in [0.15, 0.2) is 0 Å². The highest BCUT2D eigenvalue weighted by molar-refractivity contribution is 5.67. The molecule has 0 heterocycles. The molecule has 0 atom stereocenters. The summed E-state index contributed by atoms with van der Waals surface area (Å²) in [5.41, 5.74) is 0. The minimum absolute atomic E-state index is 0.106. The van der Waals surface area contributed by atoms with Crippen LogP contribution in [0.3, 0.4) is 0 Å². The van der Waals surface area contributed by atoms with Crippen LogP contribution < -0.4 is 0 Å². The number of carboxylic acid groups (broad SMARTS) is 3. The van der Waals surface area contributed by atoms with Gasteiger partial charge in [0.2, 0.25) is 0 Å². The van der Waals surface area contributed by atoms with Gasteiger partial charge in [-0.15, -0.1) is 0 Å². The molecule has 7 nitrogen and oxygen atoms in total. The number of nitrogens with zero attached hydrogens (tertiary/aromatic N) is 1. The highest BCUT2D eigenvalue weighted by Crippen LogP contribution is 2.14. The zero-order valence-electron chi connectivity index (χ0n) is 17.3. The standard InChI is InChI=1S/C21H37NO6/c1-2-3-4-5-6-7-8-9-10-11-15-22(16-12-19(23)24,17-13-20(25)26)18-14-21(27)28/h10-11H,2-9,12-18H2,1H3,(H2-,23,24,25,26,27,28)/p+1/b11-10+. The van der Waals surface area contributed by atoms with Crippen molar-refractivity contribution in [3.63, 3.8) is 0 Å². The van der Waals surface area contributed by atoms with Crippen LogP contribution in [0.15, 0.2) is 12.2 Å². The Balaban J connectivity index is 4.62. The van der Waals surface area contributed by atoms with E-state index in [2.05, 4.69) is 13.0 Å². The van der Waals surface area contributed by atoms with Crippen molar-refractivity contribution in [1.82, 2.24) is 0 Å². The zero-order chi connectivity index (χ0) is 21.3. The van der Waals surface area contributed by atoms with Gasteiger partial charge in [-0.05, 0) is 18.9 Å². The van der Waals surface area contributed by atoms with E-state index in [0.29, 0.717) is 6.54 Å². The maximum atomic E-state index is 11.0. The first-order valence-corrected chi connectivity index (χ1v) is 10.5. The van der Waals surface area contributed by atoms with Crippen LogP contribution in [-0.2, 0) is 14.4 Å². The van der Waals surface area contributed by atoms with Crippen LogP contribution in [0.25, 0.3) is 0 Å². The van der Waals surface area contributed by atoms with Crippen molar-refractivity contribution in [2.45, 2.75) is 77.6 Å². The third-order valence-electron chi connectivity index (χ3n) is 5.03. The monoisotopic (exact) mass is 400 g/mol. The summed E-state index contributed by atoms with van der Waals surface area (Å²) in [4.78, 5) is 33.0. The Morgan fingerprint density at radius 1 is 0.679 bits per heavy atom. The molecule has 0 spiro atoms. The van der Waals surface area contributed by atoms with Gasteiger partial charge in [0, 0.05) is 0 Å². The lowest BCUT2D eigenvalue weighted by Gasteiger charge is -2.37. The van der Waals surface area contributed by atoms with E-state index in [1.54, 1.807) is 0 Å². The summed E-state index contributed by atoms with van der Waals surface area (Å²) in [6.07, 6.45) is 13.3. The van der Waals surface area contributed by atoms with Crippen molar-refractivity contribution in [1.29, 1.82) is 0 Å². The van der Waals surface area contributed by atoms with E-state index in [-0.39, 0.29) is 43.4 Å². The Labute approximate surface area is 168 Å². The Hall–Kier alpha value is -1.89. The van der Waals surface area contributed by atoms with Gasteiger partial charge >= 0.3 is 17.9 Å². The van der Waals surface area contributed by atoms with Gasteiger partial charge < -0.3 is 19.8 Å². The van der Waals surface area contributed by atoms with E-state index in [1.165, 1.54) is 38.5 Å². The zero-order valence-corrected chi connectivity index (χ0v) is 17.3. The Morgan fingerprint density at radius 2 is 1.11 bits per heavy atom. The van der Waals surface area contributed by atoms with E-state index in [4.69, 9.17) is 15.3 Å². The molecule has 0 aliphatic carbocycles. The molecule has 0 aromatic heterocycles. The number of quaternary nitrogens is 1. The topological polar surface area (TPSA) is 112 Å². The summed E-state index contributed by atoms with van der Waals surface area (Å²) in [6.45, 7) is 3.37. The molecule has 0 aliphatic rings. The van der Waals surface area contributed by atoms with Crippen molar-refractivity contribution >= 4 is 17.9 Å². The molecule has 7 heteroatoms. The van der Waals surface area contributed by atoms with Crippen LogP contribution in [0.5, 0.6) is 0 Å². The number of allylic oxidation sites excluding steroid dienone is 1. The number of hydrogen-bond donors (Lipinski definition) is 3. The number of hydrogen-bond acceptors (Lipinski definition) is 3. The van der Waals surface area contributed by atoms with Crippen molar-refractivity contribution in [3.05, 3.63) is 12.2 Å². The van der Waals surface area contributed by atoms with Crippen LogP contribution in [0, 0.1) is 0 Å². The van der Waals surface area contributed by atoms with Gasteiger partial charge in [-0.1, -0.05) is 51.5 Å². The first-order valence-electron chi connectivity index (χ1n) is 10.5. The molecule has 0 fully saturated rings. The molecule has 0 saturated carbocycles. The average Bonchev–Trinajstić information content (AvgIpc) is 2.63. The minimum atomic E-state index is -0.958. The second-order valence-electron chi connectivity index (χ2n) is 7.51. The maximum absolute atomic E-state index is 11.0. The fraction of sp³-hybridized carbons (Fsp3) is 0.762. The average molecular weight is 401 g/mol. The molecule has 0 aliphatic heterocycles. The molecule has 3 N–H and O–H groups in total. The third-order valence-corrected chi connectivity index (χ3v) is 5.03. The van der Waals surface area contributed by atoms with Gasteiger partial charge in [-0.2, -0.15) is 0 Å². The van der Waals surface area contributed by atoms with E-state index in [9.17, 15) is 14.4 Å². The molecule has 0 amide bonds. The Kier molecular flexibility index (Phi) is 15.0. The normalized spacial score (nSPS) is 11.8. The molecular weight excluding hydrogens is 362 g/mol. The highest BCUT2D eigenvalue weighted by Gasteiger charge is 2.28. The summed E-state index contributed by atoms with van der Waals surface area (Å²) >= 11 is 0. The maximum Gasteiger partial charge on any atom is 0.309 e.